The molecule has 1 unspecified atom stereocenters. The minimum absolute atomic E-state index is 0.166. The summed E-state index contributed by atoms with van der Waals surface area (Å²) < 4.78 is 32.7. The van der Waals surface area contributed by atoms with Crippen LogP contribution in [0.5, 0.6) is 5.75 Å². The Morgan fingerprint density at radius 1 is 1.42 bits per heavy atom. The van der Waals surface area contributed by atoms with Crippen molar-refractivity contribution in [2.45, 2.75) is 17.9 Å². The molecule has 0 bridgehead atoms. The Hall–Kier alpha value is -0.630. The van der Waals surface area contributed by atoms with E-state index < -0.39 is 10.0 Å². The molecular formula is C12H19BrN2O3S. The molecule has 0 amide bonds. The summed E-state index contributed by atoms with van der Waals surface area (Å²) in [6.07, 6.45) is 0. The molecule has 0 aromatic heterocycles. The Labute approximate surface area is 123 Å². The van der Waals surface area contributed by atoms with E-state index in [1.165, 1.54) is 19.2 Å². The Morgan fingerprint density at radius 3 is 2.53 bits per heavy atom. The van der Waals surface area contributed by atoms with E-state index in [9.17, 15) is 8.42 Å². The van der Waals surface area contributed by atoms with Crippen molar-refractivity contribution in [3.05, 3.63) is 22.7 Å². The number of hydrogen-bond donors (Lipinski definition) is 1. The van der Waals surface area contributed by atoms with Crippen LogP contribution < -0.4 is 9.46 Å². The fourth-order valence-corrected chi connectivity index (χ4v) is 3.68. The van der Waals surface area contributed by atoms with E-state index in [0.717, 1.165) is 0 Å². The summed E-state index contributed by atoms with van der Waals surface area (Å²) in [5.41, 5.74) is 0. The first-order valence-corrected chi connectivity index (χ1v) is 8.04. The average Bonchev–Trinajstić information content (AvgIpc) is 2.26. The smallest absolute Gasteiger partial charge is 0.240 e. The lowest BCUT2D eigenvalue weighted by atomic mass is 10.3. The van der Waals surface area contributed by atoms with Gasteiger partial charge in [0.1, 0.15) is 5.75 Å². The molecule has 0 aliphatic carbocycles. The van der Waals surface area contributed by atoms with Crippen molar-refractivity contribution in [3.63, 3.8) is 0 Å². The van der Waals surface area contributed by atoms with Gasteiger partial charge in [-0.2, -0.15) is 0 Å². The normalized spacial score (nSPS) is 13.6. The van der Waals surface area contributed by atoms with Gasteiger partial charge in [-0.1, -0.05) is 0 Å². The number of ether oxygens (including phenoxy) is 1. The first-order valence-electron chi connectivity index (χ1n) is 5.77. The molecule has 0 radical (unpaired) electrons. The molecule has 7 heteroatoms. The van der Waals surface area contributed by atoms with Gasteiger partial charge in [-0.15, -0.1) is 0 Å². The molecule has 0 saturated heterocycles. The van der Waals surface area contributed by atoms with Gasteiger partial charge in [0.15, 0.2) is 0 Å². The number of sulfonamides is 1. The molecule has 19 heavy (non-hydrogen) atoms. The van der Waals surface area contributed by atoms with Crippen LogP contribution >= 0.6 is 15.9 Å². The average molecular weight is 351 g/mol. The highest BCUT2D eigenvalue weighted by molar-refractivity contribution is 9.10. The van der Waals surface area contributed by atoms with E-state index >= 15 is 0 Å². The van der Waals surface area contributed by atoms with Crippen molar-refractivity contribution in [3.8, 4) is 5.75 Å². The quantitative estimate of drug-likeness (QED) is 0.847. The predicted molar refractivity (Wildman–Crippen MR) is 79.0 cm³/mol. The third-order valence-electron chi connectivity index (χ3n) is 2.43. The van der Waals surface area contributed by atoms with E-state index in [-0.39, 0.29) is 10.9 Å². The summed E-state index contributed by atoms with van der Waals surface area (Å²) in [6, 6.07) is 4.51. The van der Waals surface area contributed by atoms with Crippen LogP contribution in [0.25, 0.3) is 0 Å². The highest BCUT2D eigenvalue weighted by atomic mass is 79.9. The summed E-state index contributed by atoms with van der Waals surface area (Å²) in [6.45, 7) is 2.46. The zero-order chi connectivity index (χ0) is 14.6. The SMILES string of the molecule is COc1ccc(S(=O)(=O)NC(C)CN(C)C)cc1Br. The second-order valence-electron chi connectivity index (χ2n) is 4.58. The highest BCUT2D eigenvalue weighted by Gasteiger charge is 2.18. The molecule has 1 rings (SSSR count). The van der Waals surface area contributed by atoms with Gasteiger partial charge >= 0.3 is 0 Å². The zero-order valence-electron chi connectivity index (χ0n) is 11.5. The first-order chi connectivity index (χ1) is 8.76. The summed E-state index contributed by atoms with van der Waals surface area (Å²) in [5, 5.41) is 0. The van der Waals surface area contributed by atoms with Gasteiger partial charge in [0.25, 0.3) is 0 Å². The topological polar surface area (TPSA) is 58.6 Å². The molecule has 5 nitrogen and oxygen atoms in total. The van der Waals surface area contributed by atoms with Gasteiger partial charge < -0.3 is 9.64 Å². The van der Waals surface area contributed by atoms with Gasteiger partial charge in [0.2, 0.25) is 10.0 Å². The van der Waals surface area contributed by atoms with Gasteiger partial charge in [0, 0.05) is 12.6 Å². The van der Waals surface area contributed by atoms with Gasteiger partial charge in [-0.25, -0.2) is 13.1 Å². The monoisotopic (exact) mass is 350 g/mol. The summed E-state index contributed by atoms with van der Waals surface area (Å²) in [4.78, 5) is 2.14. The molecular weight excluding hydrogens is 332 g/mol. The minimum atomic E-state index is -3.51. The van der Waals surface area contributed by atoms with Crippen LogP contribution in [0.4, 0.5) is 0 Å². The van der Waals surface area contributed by atoms with Gasteiger partial charge in [-0.3, -0.25) is 0 Å². The summed E-state index contributed by atoms with van der Waals surface area (Å²) in [5.74, 6) is 0.597. The Balaban J connectivity index is 2.91. The Morgan fingerprint density at radius 2 is 2.05 bits per heavy atom. The second kappa shape index (κ2) is 6.69. The van der Waals surface area contributed by atoms with E-state index in [1.54, 1.807) is 6.07 Å². The largest absolute Gasteiger partial charge is 0.496 e. The number of nitrogens with zero attached hydrogens (tertiary/aromatic N) is 1. The number of halogens is 1. The maximum atomic E-state index is 12.2. The molecule has 0 saturated carbocycles. The molecule has 1 N–H and O–H groups in total. The van der Waals surface area contributed by atoms with Crippen LogP contribution in [0.2, 0.25) is 0 Å². The van der Waals surface area contributed by atoms with Crippen LogP contribution in [-0.2, 0) is 10.0 Å². The highest BCUT2D eigenvalue weighted by Crippen LogP contribution is 2.27. The van der Waals surface area contributed by atoms with Gasteiger partial charge in [-0.05, 0) is 55.1 Å². The molecule has 0 spiro atoms. The van der Waals surface area contributed by atoms with Crippen LogP contribution in [0, 0.1) is 0 Å². The molecule has 1 aromatic carbocycles. The lowest BCUT2D eigenvalue weighted by Gasteiger charge is -2.18. The lowest BCUT2D eigenvalue weighted by molar-refractivity contribution is 0.370. The molecule has 1 atom stereocenters. The zero-order valence-corrected chi connectivity index (χ0v) is 13.9. The van der Waals surface area contributed by atoms with Crippen molar-refractivity contribution in [2.75, 3.05) is 27.7 Å². The van der Waals surface area contributed by atoms with E-state index in [0.29, 0.717) is 16.8 Å². The van der Waals surface area contributed by atoms with Gasteiger partial charge in [0.05, 0.1) is 16.5 Å². The predicted octanol–water partition coefficient (Wildman–Crippen LogP) is 1.69. The summed E-state index contributed by atoms with van der Waals surface area (Å²) >= 11 is 3.28. The second-order valence-corrected chi connectivity index (χ2v) is 7.15. The molecule has 0 fully saturated rings. The molecule has 0 heterocycles. The number of rotatable bonds is 6. The Bertz CT molecular complexity index is 532. The number of hydrogen-bond acceptors (Lipinski definition) is 4. The molecule has 0 aliphatic rings. The fraction of sp³-hybridized carbons (Fsp3) is 0.500. The molecule has 1 aromatic rings. The van der Waals surface area contributed by atoms with E-state index in [1.807, 2.05) is 25.9 Å². The standard InChI is InChI=1S/C12H19BrN2O3S/c1-9(8-15(2)3)14-19(16,17)10-5-6-12(18-4)11(13)7-10/h5-7,9,14H,8H2,1-4H3. The van der Waals surface area contributed by atoms with Crippen LogP contribution in [0.15, 0.2) is 27.6 Å². The minimum Gasteiger partial charge on any atom is -0.496 e. The Kier molecular flexibility index (Phi) is 5.79. The van der Waals surface area contributed by atoms with Crippen LogP contribution in [0.1, 0.15) is 6.92 Å². The maximum Gasteiger partial charge on any atom is 0.240 e. The van der Waals surface area contributed by atoms with Crippen molar-refractivity contribution >= 4 is 26.0 Å². The maximum absolute atomic E-state index is 12.2. The van der Waals surface area contributed by atoms with Crippen LogP contribution in [-0.4, -0.2) is 47.1 Å². The van der Waals surface area contributed by atoms with Crippen LogP contribution in [0.3, 0.4) is 0 Å². The number of nitrogens with one attached hydrogen (secondary N) is 1. The number of methoxy groups -OCH3 is 1. The van der Waals surface area contributed by atoms with Crippen molar-refractivity contribution in [2.24, 2.45) is 0 Å². The van der Waals surface area contributed by atoms with E-state index in [2.05, 4.69) is 20.7 Å². The van der Waals surface area contributed by atoms with Crippen molar-refractivity contribution in [1.29, 1.82) is 0 Å². The fourth-order valence-electron chi connectivity index (χ4n) is 1.73. The van der Waals surface area contributed by atoms with Crippen molar-refractivity contribution < 1.29 is 13.2 Å². The third kappa shape index (κ3) is 4.76. The lowest BCUT2D eigenvalue weighted by Crippen LogP contribution is -2.39. The number of likely N-dealkylation sites (N-methyl/N-ethyl adjacent to an activating group) is 1. The third-order valence-corrected chi connectivity index (χ3v) is 4.64. The summed E-state index contributed by atoms with van der Waals surface area (Å²) in [7, 11) is 1.81. The van der Waals surface area contributed by atoms with E-state index in [4.69, 9.17) is 4.74 Å². The molecule has 108 valence electrons. The first kappa shape index (κ1) is 16.4. The molecule has 0 aliphatic heterocycles. The number of benzene rings is 1. The van der Waals surface area contributed by atoms with Crippen molar-refractivity contribution in [1.82, 2.24) is 9.62 Å².